The zero-order valence-corrected chi connectivity index (χ0v) is 15.5. The van der Waals surface area contributed by atoms with Crippen LogP contribution < -0.4 is 14.8 Å². The average molecular weight is 356 g/mol. The fourth-order valence-corrected chi connectivity index (χ4v) is 2.45. The molecule has 0 aliphatic carbocycles. The number of carbonyl (C=O) groups excluding carboxylic acids is 2. The SMILES string of the molecule is COc1ccc(NC(=O)CN(C)C(=O)COc2c(C)cccc2C)cc1. The summed E-state index contributed by atoms with van der Waals surface area (Å²) in [4.78, 5) is 25.6. The Balaban J connectivity index is 1.84. The minimum absolute atomic E-state index is 0.0546. The lowest BCUT2D eigenvalue weighted by atomic mass is 10.1. The molecule has 0 unspecified atom stereocenters. The number of likely N-dealkylation sites (N-methyl/N-ethyl adjacent to an activating group) is 1. The van der Waals surface area contributed by atoms with Crippen molar-refractivity contribution in [2.45, 2.75) is 13.8 Å². The Kier molecular flexibility index (Phi) is 6.60. The van der Waals surface area contributed by atoms with Gasteiger partial charge in [-0.15, -0.1) is 0 Å². The third kappa shape index (κ3) is 5.24. The standard InChI is InChI=1S/C20H24N2O4/c1-14-6-5-7-15(2)20(14)26-13-19(24)22(3)12-18(23)21-16-8-10-17(25-4)11-9-16/h5-11H,12-13H2,1-4H3,(H,21,23). The number of ether oxygens (including phenoxy) is 2. The predicted octanol–water partition coefficient (Wildman–Crippen LogP) is 2.79. The molecule has 0 atom stereocenters. The van der Waals surface area contributed by atoms with Crippen molar-refractivity contribution in [2.75, 3.05) is 32.6 Å². The van der Waals surface area contributed by atoms with E-state index in [4.69, 9.17) is 9.47 Å². The molecule has 0 bridgehead atoms. The van der Waals surface area contributed by atoms with E-state index >= 15 is 0 Å². The van der Waals surface area contributed by atoms with Crippen LogP contribution in [0.25, 0.3) is 0 Å². The molecule has 0 fully saturated rings. The van der Waals surface area contributed by atoms with Crippen LogP contribution in [-0.2, 0) is 9.59 Å². The van der Waals surface area contributed by atoms with Crippen molar-refractivity contribution in [3.63, 3.8) is 0 Å². The molecule has 0 aliphatic rings. The van der Waals surface area contributed by atoms with Crippen molar-refractivity contribution < 1.29 is 19.1 Å². The molecule has 0 heterocycles. The van der Waals surface area contributed by atoms with Gasteiger partial charge in [0, 0.05) is 12.7 Å². The highest BCUT2D eigenvalue weighted by Gasteiger charge is 2.15. The Labute approximate surface area is 153 Å². The highest BCUT2D eigenvalue weighted by atomic mass is 16.5. The van der Waals surface area contributed by atoms with Crippen molar-refractivity contribution in [1.82, 2.24) is 4.90 Å². The third-order valence-corrected chi connectivity index (χ3v) is 3.93. The predicted molar refractivity (Wildman–Crippen MR) is 101 cm³/mol. The van der Waals surface area contributed by atoms with Gasteiger partial charge in [0.15, 0.2) is 6.61 Å². The minimum atomic E-state index is -0.280. The Morgan fingerprint density at radius 2 is 1.65 bits per heavy atom. The number of anilines is 1. The molecule has 6 nitrogen and oxygen atoms in total. The molecule has 26 heavy (non-hydrogen) atoms. The van der Waals surface area contributed by atoms with Gasteiger partial charge in [0.25, 0.3) is 5.91 Å². The van der Waals surface area contributed by atoms with E-state index in [0.717, 1.165) is 11.1 Å². The lowest BCUT2D eigenvalue weighted by Crippen LogP contribution is -2.37. The summed E-state index contributed by atoms with van der Waals surface area (Å²) in [7, 11) is 3.15. The molecule has 138 valence electrons. The molecule has 2 amide bonds. The first-order valence-corrected chi connectivity index (χ1v) is 8.27. The van der Waals surface area contributed by atoms with Crippen LogP contribution >= 0.6 is 0 Å². The maximum absolute atomic E-state index is 12.2. The highest BCUT2D eigenvalue weighted by molar-refractivity contribution is 5.94. The molecule has 0 aromatic heterocycles. The van der Waals surface area contributed by atoms with Gasteiger partial charge < -0.3 is 19.7 Å². The zero-order chi connectivity index (χ0) is 19.1. The van der Waals surface area contributed by atoms with Crippen LogP contribution in [0.2, 0.25) is 0 Å². The average Bonchev–Trinajstić information content (AvgIpc) is 2.61. The monoisotopic (exact) mass is 356 g/mol. The van der Waals surface area contributed by atoms with E-state index in [1.54, 1.807) is 38.4 Å². The van der Waals surface area contributed by atoms with Gasteiger partial charge in [0.05, 0.1) is 13.7 Å². The van der Waals surface area contributed by atoms with Crippen molar-refractivity contribution >= 4 is 17.5 Å². The maximum Gasteiger partial charge on any atom is 0.260 e. The normalized spacial score (nSPS) is 10.2. The van der Waals surface area contributed by atoms with Crippen LogP contribution in [0.5, 0.6) is 11.5 Å². The Hall–Kier alpha value is -3.02. The van der Waals surface area contributed by atoms with E-state index in [0.29, 0.717) is 17.2 Å². The number of benzene rings is 2. The number of hydrogen-bond acceptors (Lipinski definition) is 4. The molecular formula is C20H24N2O4. The second-order valence-electron chi connectivity index (χ2n) is 6.04. The first-order chi connectivity index (χ1) is 12.4. The summed E-state index contributed by atoms with van der Waals surface area (Å²) in [5.41, 5.74) is 2.58. The van der Waals surface area contributed by atoms with E-state index in [-0.39, 0.29) is 25.0 Å². The zero-order valence-electron chi connectivity index (χ0n) is 15.5. The molecule has 0 saturated carbocycles. The van der Waals surface area contributed by atoms with Gasteiger partial charge in [0.1, 0.15) is 11.5 Å². The van der Waals surface area contributed by atoms with Crippen LogP contribution in [0, 0.1) is 13.8 Å². The number of aryl methyl sites for hydroxylation is 2. The van der Waals surface area contributed by atoms with Crippen LogP contribution in [-0.4, -0.2) is 44.0 Å². The van der Waals surface area contributed by atoms with Crippen LogP contribution in [0.1, 0.15) is 11.1 Å². The Morgan fingerprint density at radius 3 is 2.23 bits per heavy atom. The van der Waals surface area contributed by atoms with E-state index in [9.17, 15) is 9.59 Å². The molecule has 0 spiro atoms. The summed E-state index contributed by atoms with van der Waals surface area (Å²) in [6.07, 6.45) is 0. The second-order valence-corrected chi connectivity index (χ2v) is 6.04. The molecule has 2 rings (SSSR count). The van der Waals surface area contributed by atoms with E-state index < -0.39 is 0 Å². The molecule has 2 aromatic carbocycles. The molecule has 1 N–H and O–H groups in total. The molecule has 0 radical (unpaired) electrons. The summed E-state index contributed by atoms with van der Waals surface area (Å²) in [5, 5.41) is 2.74. The van der Waals surface area contributed by atoms with Gasteiger partial charge in [-0.25, -0.2) is 0 Å². The van der Waals surface area contributed by atoms with Crippen molar-refractivity contribution in [2.24, 2.45) is 0 Å². The summed E-state index contributed by atoms with van der Waals surface area (Å²) in [5.74, 6) is 0.867. The maximum atomic E-state index is 12.2. The molecule has 2 aromatic rings. The quantitative estimate of drug-likeness (QED) is 0.828. The lowest BCUT2D eigenvalue weighted by molar-refractivity contribution is -0.135. The van der Waals surface area contributed by atoms with Gasteiger partial charge in [0.2, 0.25) is 5.91 Å². The number of nitrogens with zero attached hydrogens (tertiary/aromatic N) is 1. The smallest absolute Gasteiger partial charge is 0.260 e. The number of methoxy groups -OCH3 is 1. The highest BCUT2D eigenvalue weighted by Crippen LogP contribution is 2.22. The number of rotatable bonds is 7. The summed E-state index contributed by atoms with van der Waals surface area (Å²) >= 11 is 0. The van der Waals surface area contributed by atoms with E-state index in [2.05, 4.69) is 5.32 Å². The van der Waals surface area contributed by atoms with Gasteiger partial charge in [-0.05, 0) is 49.2 Å². The van der Waals surface area contributed by atoms with E-state index in [1.165, 1.54) is 4.90 Å². The lowest BCUT2D eigenvalue weighted by Gasteiger charge is -2.18. The number of para-hydroxylation sites is 1. The van der Waals surface area contributed by atoms with Crippen LogP contribution in [0.15, 0.2) is 42.5 Å². The minimum Gasteiger partial charge on any atom is -0.497 e. The summed E-state index contributed by atoms with van der Waals surface area (Å²) < 4.78 is 10.7. The number of carbonyl (C=O) groups is 2. The molecular weight excluding hydrogens is 332 g/mol. The topological polar surface area (TPSA) is 67.9 Å². The van der Waals surface area contributed by atoms with Crippen molar-refractivity contribution in [3.05, 3.63) is 53.6 Å². The van der Waals surface area contributed by atoms with Crippen molar-refractivity contribution in [1.29, 1.82) is 0 Å². The van der Waals surface area contributed by atoms with Crippen molar-refractivity contribution in [3.8, 4) is 11.5 Å². The summed E-state index contributed by atoms with van der Waals surface area (Å²) in [6, 6.07) is 12.8. The fraction of sp³-hybridized carbons (Fsp3) is 0.300. The van der Waals surface area contributed by atoms with Gasteiger partial charge >= 0.3 is 0 Å². The van der Waals surface area contributed by atoms with Gasteiger partial charge in [-0.1, -0.05) is 18.2 Å². The van der Waals surface area contributed by atoms with Gasteiger partial charge in [-0.2, -0.15) is 0 Å². The molecule has 6 heteroatoms. The first kappa shape index (κ1) is 19.3. The Bertz CT molecular complexity index is 752. The van der Waals surface area contributed by atoms with Crippen LogP contribution in [0.3, 0.4) is 0 Å². The van der Waals surface area contributed by atoms with Crippen LogP contribution in [0.4, 0.5) is 5.69 Å². The molecule has 0 saturated heterocycles. The van der Waals surface area contributed by atoms with E-state index in [1.807, 2.05) is 32.0 Å². The number of hydrogen-bond donors (Lipinski definition) is 1. The molecule has 0 aliphatic heterocycles. The summed E-state index contributed by atoms with van der Waals surface area (Å²) in [6.45, 7) is 3.69. The van der Waals surface area contributed by atoms with Gasteiger partial charge in [-0.3, -0.25) is 9.59 Å². The first-order valence-electron chi connectivity index (χ1n) is 8.27. The number of nitrogens with one attached hydrogen (secondary N) is 1. The fourth-order valence-electron chi connectivity index (χ4n) is 2.45. The number of amides is 2. The Morgan fingerprint density at radius 1 is 1.04 bits per heavy atom. The second kappa shape index (κ2) is 8.89. The largest absolute Gasteiger partial charge is 0.497 e. The third-order valence-electron chi connectivity index (χ3n) is 3.93.